The molecule has 0 fully saturated rings. The highest BCUT2D eigenvalue weighted by Gasteiger charge is 2.22. The molecule has 0 radical (unpaired) electrons. The Labute approximate surface area is 139 Å². The van der Waals surface area contributed by atoms with Crippen molar-refractivity contribution in [2.75, 3.05) is 0 Å². The van der Waals surface area contributed by atoms with Gasteiger partial charge in [0.25, 0.3) is 0 Å². The first kappa shape index (κ1) is 19.2. The van der Waals surface area contributed by atoms with E-state index in [9.17, 15) is 9.59 Å². The van der Waals surface area contributed by atoms with Crippen LogP contribution >= 0.6 is 0 Å². The minimum atomic E-state index is -0.831. The molecule has 5 nitrogen and oxygen atoms in total. The Morgan fingerprint density at radius 2 is 1.61 bits per heavy atom. The van der Waals surface area contributed by atoms with Crippen molar-refractivity contribution in [3.8, 4) is 0 Å². The Kier molecular flexibility index (Phi) is 7.23. The van der Waals surface area contributed by atoms with Gasteiger partial charge >= 0.3 is 6.03 Å². The summed E-state index contributed by atoms with van der Waals surface area (Å²) in [5.74, 6) is 0.506. The van der Waals surface area contributed by atoms with E-state index in [4.69, 9.17) is 5.73 Å². The molecule has 0 bridgehead atoms. The first-order valence-corrected chi connectivity index (χ1v) is 8.15. The van der Waals surface area contributed by atoms with Crippen molar-refractivity contribution >= 4 is 11.9 Å². The van der Waals surface area contributed by atoms with E-state index in [1.54, 1.807) is 6.92 Å². The predicted molar refractivity (Wildman–Crippen MR) is 92.9 cm³/mol. The summed E-state index contributed by atoms with van der Waals surface area (Å²) in [6.07, 6.45) is 1.05. The number of benzene rings is 1. The van der Waals surface area contributed by atoms with Crippen molar-refractivity contribution in [2.24, 2.45) is 17.6 Å². The van der Waals surface area contributed by atoms with Crippen molar-refractivity contribution in [3.63, 3.8) is 0 Å². The van der Waals surface area contributed by atoms with Gasteiger partial charge in [0.2, 0.25) is 5.91 Å². The summed E-state index contributed by atoms with van der Waals surface area (Å²) >= 11 is 0. The minimum absolute atomic E-state index is 0.0247. The molecule has 1 aromatic rings. The number of primary amides is 1. The molecule has 1 aromatic carbocycles. The molecule has 0 aliphatic carbocycles. The molecule has 0 aliphatic heterocycles. The van der Waals surface area contributed by atoms with E-state index < -0.39 is 18.0 Å². The molecule has 2 atom stereocenters. The van der Waals surface area contributed by atoms with Gasteiger partial charge in [-0.2, -0.15) is 0 Å². The highest BCUT2D eigenvalue weighted by atomic mass is 16.2. The maximum Gasteiger partial charge on any atom is 0.318 e. The van der Waals surface area contributed by atoms with Crippen LogP contribution in [-0.2, 0) is 11.2 Å². The van der Waals surface area contributed by atoms with Crippen LogP contribution in [0.4, 0.5) is 4.79 Å². The van der Waals surface area contributed by atoms with Gasteiger partial charge in [-0.05, 0) is 36.3 Å². The third-order valence-electron chi connectivity index (χ3n) is 3.72. The molecule has 23 heavy (non-hydrogen) atoms. The first-order chi connectivity index (χ1) is 10.7. The Bertz CT molecular complexity index is 524. The number of nitrogens with two attached hydrogens (primary N) is 1. The van der Waals surface area contributed by atoms with Crippen molar-refractivity contribution in [1.82, 2.24) is 10.6 Å². The van der Waals surface area contributed by atoms with Gasteiger partial charge in [0.15, 0.2) is 0 Å². The van der Waals surface area contributed by atoms with Crippen molar-refractivity contribution in [3.05, 3.63) is 35.4 Å². The Balaban J connectivity index is 2.82. The topological polar surface area (TPSA) is 84.2 Å². The third-order valence-corrected chi connectivity index (χ3v) is 3.72. The SMILES string of the molecule is CC(C)Cc1ccc([C@H](N[C@H](C)C(=O)NC(N)=O)C(C)C)cc1. The van der Waals surface area contributed by atoms with Crippen LogP contribution in [-0.4, -0.2) is 18.0 Å². The zero-order valence-electron chi connectivity index (χ0n) is 14.7. The van der Waals surface area contributed by atoms with Crippen LogP contribution in [0.25, 0.3) is 0 Å². The standard InChI is InChI=1S/C18H29N3O2/c1-11(2)10-14-6-8-15(9-7-14)16(12(3)4)20-13(5)17(22)21-18(19)23/h6-9,11-13,16,20H,10H2,1-5H3,(H3,19,21,22,23)/t13-,16-/m1/s1. The van der Waals surface area contributed by atoms with E-state index in [1.807, 2.05) is 0 Å². The molecule has 0 unspecified atom stereocenters. The third kappa shape index (κ3) is 6.40. The lowest BCUT2D eigenvalue weighted by Gasteiger charge is -2.26. The fraction of sp³-hybridized carbons (Fsp3) is 0.556. The summed E-state index contributed by atoms with van der Waals surface area (Å²) in [6.45, 7) is 10.3. The number of nitrogens with one attached hydrogen (secondary N) is 2. The minimum Gasteiger partial charge on any atom is -0.351 e. The molecule has 0 saturated carbocycles. The van der Waals surface area contributed by atoms with E-state index >= 15 is 0 Å². The summed E-state index contributed by atoms with van der Waals surface area (Å²) in [5.41, 5.74) is 7.43. The lowest BCUT2D eigenvalue weighted by molar-refractivity contribution is -0.121. The Morgan fingerprint density at radius 1 is 1.04 bits per heavy atom. The van der Waals surface area contributed by atoms with Crippen molar-refractivity contribution < 1.29 is 9.59 Å². The van der Waals surface area contributed by atoms with Gasteiger partial charge in [-0.1, -0.05) is 52.0 Å². The largest absolute Gasteiger partial charge is 0.351 e. The number of urea groups is 1. The lowest BCUT2D eigenvalue weighted by Crippen LogP contribution is -2.48. The van der Waals surface area contributed by atoms with Gasteiger partial charge in [0, 0.05) is 6.04 Å². The molecule has 0 spiro atoms. The number of rotatable bonds is 7. The second-order valence-electron chi connectivity index (χ2n) is 6.80. The van der Waals surface area contributed by atoms with Gasteiger partial charge in [0.1, 0.15) is 0 Å². The quantitative estimate of drug-likeness (QED) is 0.722. The van der Waals surface area contributed by atoms with Crippen LogP contribution in [0.3, 0.4) is 0 Å². The number of hydrogen-bond acceptors (Lipinski definition) is 3. The summed E-state index contributed by atoms with van der Waals surface area (Å²) < 4.78 is 0. The highest BCUT2D eigenvalue weighted by molar-refractivity contribution is 5.96. The van der Waals surface area contributed by atoms with Gasteiger partial charge in [0.05, 0.1) is 6.04 Å². The van der Waals surface area contributed by atoms with Crippen molar-refractivity contribution in [2.45, 2.75) is 53.1 Å². The normalized spacial score (nSPS) is 13.9. The highest BCUT2D eigenvalue weighted by Crippen LogP contribution is 2.23. The van der Waals surface area contributed by atoms with Gasteiger partial charge in [-0.25, -0.2) is 4.79 Å². The summed E-state index contributed by atoms with van der Waals surface area (Å²) in [4.78, 5) is 22.6. The smallest absolute Gasteiger partial charge is 0.318 e. The van der Waals surface area contributed by atoms with Crippen LogP contribution in [0, 0.1) is 11.8 Å². The summed E-state index contributed by atoms with van der Waals surface area (Å²) in [5, 5.41) is 5.38. The predicted octanol–water partition coefficient (Wildman–Crippen LogP) is 2.76. The maximum absolute atomic E-state index is 11.8. The number of imide groups is 1. The van der Waals surface area contributed by atoms with E-state index in [0.717, 1.165) is 12.0 Å². The van der Waals surface area contributed by atoms with Crippen molar-refractivity contribution in [1.29, 1.82) is 0 Å². The molecule has 4 N–H and O–H groups in total. The Hall–Kier alpha value is -1.88. The lowest BCUT2D eigenvalue weighted by atomic mass is 9.93. The number of hydrogen-bond donors (Lipinski definition) is 3. The van der Waals surface area contributed by atoms with E-state index in [1.165, 1.54) is 5.56 Å². The summed E-state index contributed by atoms with van der Waals surface area (Å²) in [6, 6.07) is 7.17. The molecule has 0 aliphatic rings. The van der Waals surface area contributed by atoms with Crippen LogP contribution < -0.4 is 16.4 Å². The van der Waals surface area contributed by atoms with E-state index in [2.05, 4.69) is 62.6 Å². The van der Waals surface area contributed by atoms with Crippen LogP contribution in [0.1, 0.15) is 51.8 Å². The summed E-state index contributed by atoms with van der Waals surface area (Å²) in [7, 11) is 0. The number of amides is 3. The fourth-order valence-corrected chi connectivity index (χ4v) is 2.58. The van der Waals surface area contributed by atoms with Gasteiger partial charge < -0.3 is 5.73 Å². The molecular formula is C18H29N3O2. The average molecular weight is 319 g/mol. The monoisotopic (exact) mass is 319 g/mol. The van der Waals surface area contributed by atoms with Gasteiger partial charge in [-0.15, -0.1) is 0 Å². The second kappa shape index (κ2) is 8.67. The number of carbonyl (C=O) groups is 2. The molecule has 0 heterocycles. The van der Waals surface area contributed by atoms with E-state index in [0.29, 0.717) is 11.8 Å². The average Bonchev–Trinajstić information content (AvgIpc) is 2.43. The van der Waals surface area contributed by atoms with Crippen LogP contribution in [0.2, 0.25) is 0 Å². The Morgan fingerprint density at radius 3 is 2.04 bits per heavy atom. The van der Waals surface area contributed by atoms with Gasteiger partial charge in [-0.3, -0.25) is 15.4 Å². The fourth-order valence-electron chi connectivity index (χ4n) is 2.58. The maximum atomic E-state index is 11.8. The van der Waals surface area contributed by atoms with Crippen LogP contribution in [0.15, 0.2) is 24.3 Å². The second-order valence-corrected chi connectivity index (χ2v) is 6.80. The zero-order chi connectivity index (χ0) is 17.6. The number of carbonyl (C=O) groups excluding carboxylic acids is 2. The van der Waals surface area contributed by atoms with Crippen LogP contribution in [0.5, 0.6) is 0 Å². The molecule has 0 aromatic heterocycles. The molecule has 5 heteroatoms. The zero-order valence-corrected chi connectivity index (χ0v) is 14.7. The molecule has 1 rings (SSSR count). The molecule has 0 saturated heterocycles. The first-order valence-electron chi connectivity index (χ1n) is 8.15. The molecular weight excluding hydrogens is 290 g/mol. The molecule has 128 valence electrons. The van der Waals surface area contributed by atoms with E-state index in [-0.39, 0.29) is 6.04 Å². The molecule has 3 amide bonds.